The van der Waals surface area contributed by atoms with Gasteiger partial charge in [-0.2, -0.15) is 13.2 Å². The molecular formula is C23H25F3N4O3. The Morgan fingerprint density at radius 2 is 1.97 bits per heavy atom. The number of aliphatic hydroxyl groups excluding tert-OH is 1. The number of benzene rings is 1. The molecule has 3 fully saturated rings. The summed E-state index contributed by atoms with van der Waals surface area (Å²) in [5, 5.41) is 10.5. The Bertz CT molecular complexity index is 1010. The molecule has 7 nitrogen and oxygen atoms in total. The van der Waals surface area contributed by atoms with Gasteiger partial charge in [0.1, 0.15) is 6.10 Å². The van der Waals surface area contributed by atoms with Crippen LogP contribution in [0, 0.1) is 0 Å². The topological polar surface area (TPSA) is 78.8 Å². The second-order valence-corrected chi connectivity index (χ2v) is 8.99. The van der Waals surface area contributed by atoms with E-state index in [-0.39, 0.29) is 17.7 Å². The third-order valence-corrected chi connectivity index (χ3v) is 6.58. The Morgan fingerprint density at radius 3 is 2.67 bits per heavy atom. The van der Waals surface area contributed by atoms with E-state index >= 15 is 0 Å². The number of halogens is 3. The third kappa shape index (κ3) is 4.81. The number of aliphatic hydroxyl groups is 1. The maximum atomic E-state index is 13.0. The molecule has 0 spiro atoms. The summed E-state index contributed by atoms with van der Waals surface area (Å²) in [6.07, 6.45) is 0.183. The van der Waals surface area contributed by atoms with Gasteiger partial charge in [0.2, 0.25) is 5.88 Å². The van der Waals surface area contributed by atoms with Gasteiger partial charge in [0, 0.05) is 44.6 Å². The number of carbonyl (C=O) groups excluding carboxylic acids is 1. The van der Waals surface area contributed by atoms with Crippen molar-refractivity contribution in [3.05, 3.63) is 53.5 Å². The maximum absolute atomic E-state index is 13.0. The fraction of sp³-hybridized carbons (Fsp3) is 0.522. The number of amides is 1. The van der Waals surface area contributed by atoms with E-state index in [2.05, 4.69) is 14.9 Å². The van der Waals surface area contributed by atoms with Gasteiger partial charge in [0.05, 0.1) is 23.7 Å². The zero-order valence-electron chi connectivity index (χ0n) is 17.9. The van der Waals surface area contributed by atoms with E-state index in [9.17, 15) is 23.1 Å². The van der Waals surface area contributed by atoms with Crippen LogP contribution in [0.2, 0.25) is 0 Å². The highest BCUT2D eigenvalue weighted by molar-refractivity contribution is 5.82. The molecule has 2 aromatic rings. The molecule has 1 N–H and O–H groups in total. The molecule has 1 aliphatic carbocycles. The summed E-state index contributed by atoms with van der Waals surface area (Å²) in [7, 11) is 0. The molecular weight excluding hydrogens is 437 g/mol. The largest absolute Gasteiger partial charge is 0.472 e. The summed E-state index contributed by atoms with van der Waals surface area (Å²) in [5.74, 6) is 0.429. The van der Waals surface area contributed by atoms with E-state index in [0.29, 0.717) is 44.4 Å². The summed E-state index contributed by atoms with van der Waals surface area (Å²) >= 11 is 0. The Kier molecular flexibility index (Phi) is 5.74. The monoisotopic (exact) mass is 462 g/mol. The number of hydrogen-bond acceptors (Lipinski definition) is 6. The minimum absolute atomic E-state index is 0.0557. The van der Waals surface area contributed by atoms with Crippen molar-refractivity contribution < 1.29 is 27.8 Å². The van der Waals surface area contributed by atoms with Crippen molar-refractivity contribution in [1.82, 2.24) is 19.8 Å². The molecule has 1 amide bonds. The van der Waals surface area contributed by atoms with Crippen molar-refractivity contribution >= 4 is 5.91 Å². The molecule has 1 unspecified atom stereocenters. The van der Waals surface area contributed by atoms with Crippen LogP contribution in [-0.4, -0.2) is 69.1 Å². The van der Waals surface area contributed by atoms with Crippen molar-refractivity contribution in [2.75, 3.05) is 26.2 Å². The van der Waals surface area contributed by atoms with Gasteiger partial charge in [0.15, 0.2) is 6.10 Å². The van der Waals surface area contributed by atoms with Gasteiger partial charge >= 0.3 is 6.18 Å². The number of nitrogens with zero attached hydrogens (tertiary/aromatic N) is 4. The van der Waals surface area contributed by atoms with Crippen molar-refractivity contribution in [3.63, 3.8) is 0 Å². The number of aromatic nitrogens is 2. The van der Waals surface area contributed by atoms with Crippen molar-refractivity contribution in [2.45, 2.75) is 49.6 Å². The average Bonchev–Trinajstić information content (AvgIpc) is 3.57. The number of ether oxygens (including phenoxy) is 1. The molecule has 3 aliphatic rings. The molecule has 0 bridgehead atoms. The van der Waals surface area contributed by atoms with E-state index < -0.39 is 23.8 Å². The molecule has 176 valence electrons. The Balaban J connectivity index is 1.18. The predicted molar refractivity (Wildman–Crippen MR) is 111 cm³/mol. The highest BCUT2D eigenvalue weighted by atomic mass is 19.4. The molecule has 1 aromatic carbocycles. The van der Waals surface area contributed by atoms with Crippen molar-refractivity contribution in [2.24, 2.45) is 0 Å². The maximum Gasteiger partial charge on any atom is 0.416 e. The summed E-state index contributed by atoms with van der Waals surface area (Å²) in [5.41, 5.74) is 0.0542. The lowest BCUT2D eigenvalue weighted by Gasteiger charge is -2.38. The van der Waals surface area contributed by atoms with Crippen LogP contribution in [0.25, 0.3) is 0 Å². The Hall–Kier alpha value is -2.72. The average molecular weight is 462 g/mol. The van der Waals surface area contributed by atoms with Crippen LogP contribution < -0.4 is 4.74 Å². The molecule has 33 heavy (non-hydrogen) atoms. The number of alkyl halides is 3. The van der Waals surface area contributed by atoms with Crippen LogP contribution in [0.15, 0.2) is 36.7 Å². The van der Waals surface area contributed by atoms with Gasteiger partial charge in [-0.25, -0.2) is 4.98 Å². The van der Waals surface area contributed by atoms with E-state index in [0.717, 1.165) is 30.7 Å². The summed E-state index contributed by atoms with van der Waals surface area (Å²) in [6.45, 7) is 2.10. The molecule has 2 saturated heterocycles. The first kappa shape index (κ1) is 22.1. The molecule has 3 heterocycles. The second kappa shape index (κ2) is 8.57. The van der Waals surface area contributed by atoms with E-state index in [1.54, 1.807) is 12.4 Å². The smallest absolute Gasteiger partial charge is 0.416 e. The number of hydrogen-bond donors (Lipinski definition) is 1. The van der Waals surface area contributed by atoms with Gasteiger partial charge in [0.25, 0.3) is 5.91 Å². The molecule has 5 rings (SSSR count). The SMILES string of the molecule is O=C(C(O)c1cccc(C(F)(F)F)c1)N1CCN2C[C@H](Oc3cnc(C4CC4)cn3)C[C@H]2C1. The lowest BCUT2D eigenvalue weighted by Crippen LogP contribution is -2.53. The normalized spacial score (nSPS) is 24.4. The second-order valence-electron chi connectivity index (χ2n) is 8.99. The molecule has 1 saturated carbocycles. The van der Waals surface area contributed by atoms with Crippen LogP contribution in [0.5, 0.6) is 5.88 Å². The van der Waals surface area contributed by atoms with Crippen LogP contribution >= 0.6 is 0 Å². The van der Waals surface area contributed by atoms with Gasteiger partial charge < -0.3 is 14.7 Å². The zero-order valence-corrected chi connectivity index (χ0v) is 17.9. The lowest BCUT2D eigenvalue weighted by atomic mass is 10.0. The first-order valence-electron chi connectivity index (χ1n) is 11.1. The summed E-state index contributed by atoms with van der Waals surface area (Å²) in [6, 6.07) is 4.34. The Morgan fingerprint density at radius 1 is 1.15 bits per heavy atom. The quantitative estimate of drug-likeness (QED) is 0.736. The van der Waals surface area contributed by atoms with Crippen LogP contribution in [-0.2, 0) is 11.0 Å². The van der Waals surface area contributed by atoms with Crippen LogP contribution in [0.1, 0.15) is 48.1 Å². The lowest BCUT2D eigenvalue weighted by molar-refractivity contribution is -0.143. The first-order valence-corrected chi connectivity index (χ1v) is 11.1. The number of piperazine rings is 1. The first-order chi connectivity index (χ1) is 15.8. The predicted octanol–water partition coefficient (Wildman–Crippen LogP) is 2.77. The van der Waals surface area contributed by atoms with Crippen LogP contribution in [0.3, 0.4) is 0 Å². The van der Waals surface area contributed by atoms with Crippen molar-refractivity contribution in [3.8, 4) is 5.88 Å². The molecule has 1 aromatic heterocycles. The number of rotatable bonds is 5. The fourth-order valence-corrected chi connectivity index (χ4v) is 4.63. The molecule has 2 aliphatic heterocycles. The summed E-state index contributed by atoms with van der Waals surface area (Å²) in [4.78, 5) is 25.4. The highest BCUT2D eigenvalue weighted by Gasteiger charge is 2.40. The highest BCUT2D eigenvalue weighted by Crippen LogP contribution is 2.38. The third-order valence-electron chi connectivity index (χ3n) is 6.58. The van der Waals surface area contributed by atoms with E-state index in [1.807, 2.05) is 0 Å². The van der Waals surface area contributed by atoms with Gasteiger partial charge in [-0.3, -0.25) is 14.7 Å². The van der Waals surface area contributed by atoms with Crippen molar-refractivity contribution in [1.29, 1.82) is 0 Å². The summed E-state index contributed by atoms with van der Waals surface area (Å²) < 4.78 is 45.0. The fourth-order valence-electron chi connectivity index (χ4n) is 4.63. The Labute approximate surface area is 189 Å². The minimum atomic E-state index is -4.54. The standard InChI is InChI=1S/C23H25F3N4O3/c24-23(25,26)16-3-1-2-15(8-16)21(31)22(32)30-7-6-29-13-18(9-17(29)12-30)33-20-11-27-19(10-28-20)14-4-5-14/h1-3,8,10-11,14,17-18,21,31H,4-7,9,12-13H2/t17-,18+,21?/m0/s1. The zero-order chi connectivity index (χ0) is 23.2. The number of carbonyl (C=O) groups is 1. The minimum Gasteiger partial charge on any atom is -0.472 e. The van der Waals surface area contributed by atoms with Crippen LogP contribution in [0.4, 0.5) is 13.2 Å². The molecule has 0 radical (unpaired) electrons. The van der Waals surface area contributed by atoms with E-state index in [4.69, 9.17) is 4.74 Å². The van der Waals surface area contributed by atoms with Gasteiger partial charge in [-0.15, -0.1) is 0 Å². The molecule has 3 atom stereocenters. The molecule has 10 heteroatoms. The number of fused-ring (bicyclic) bond motifs is 1. The van der Waals surface area contributed by atoms with Gasteiger partial charge in [-0.05, 0) is 30.5 Å². The van der Waals surface area contributed by atoms with E-state index in [1.165, 1.54) is 17.0 Å². The van der Waals surface area contributed by atoms with Gasteiger partial charge in [-0.1, -0.05) is 12.1 Å².